The molecule has 0 saturated carbocycles. The fraction of sp³-hybridized carbons (Fsp3) is 0.867. The Morgan fingerprint density at radius 2 is 1.76 bits per heavy atom. The van der Waals surface area contributed by atoms with Crippen LogP contribution in [0.1, 0.15) is 53.9 Å². The quantitative estimate of drug-likeness (QED) is 0.738. The van der Waals surface area contributed by atoms with Crippen molar-refractivity contribution in [2.24, 2.45) is 0 Å². The molecule has 17 heavy (non-hydrogen) atoms. The molecule has 2 nitrogen and oxygen atoms in total. The van der Waals surface area contributed by atoms with Gasteiger partial charge in [-0.1, -0.05) is 5.92 Å². The lowest BCUT2D eigenvalue weighted by atomic mass is 9.88. The predicted octanol–water partition coefficient (Wildman–Crippen LogP) is 1.65. The zero-order valence-corrected chi connectivity index (χ0v) is 12.2. The monoisotopic (exact) mass is 238 g/mol. The van der Waals surface area contributed by atoms with Crippen LogP contribution in [0.3, 0.4) is 0 Å². The van der Waals surface area contributed by atoms with Crippen molar-refractivity contribution in [1.29, 1.82) is 0 Å². The molecule has 1 heterocycles. The minimum absolute atomic E-state index is 0.0102. The Balaban J connectivity index is 2.57. The Hall–Kier alpha value is -0.520. The lowest BCUT2D eigenvalue weighted by molar-refractivity contribution is -0.889. The van der Waals surface area contributed by atoms with E-state index in [2.05, 4.69) is 46.5 Å². The van der Waals surface area contributed by atoms with E-state index < -0.39 is 0 Å². The van der Waals surface area contributed by atoms with Crippen molar-refractivity contribution in [2.45, 2.75) is 65.1 Å². The summed E-state index contributed by atoms with van der Waals surface area (Å²) in [6.07, 6.45) is 3.43. The fourth-order valence-electron chi connectivity index (χ4n) is 2.51. The maximum Gasteiger partial charge on any atom is 0.139 e. The van der Waals surface area contributed by atoms with Gasteiger partial charge in [-0.3, -0.25) is 0 Å². The number of hydrogen-bond acceptors (Lipinski definition) is 1. The molecule has 0 aliphatic carbocycles. The maximum atomic E-state index is 6.13. The fourth-order valence-corrected chi connectivity index (χ4v) is 2.51. The van der Waals surface area contributed by atoms with Crippen LogP contribution in [0, 0.1) is 11.8 Å². The number of hydrogen-bond donors (Lipinski definition) is 1. The van der Waals surface area contributed by atoms with E-state index in [1.54, 1.807) is 0 Å². The molecular formula is C15H28NO+. The zero-order valence-electron chi connectivity index (χ0n) is 12.2. The van der Waals surface area contributed by atoms with E-state index in [9.17, 15) is 0 Å². The van der Waals surface area contributed by atoms with Gasteiger partial charge in [0.05, 0.1) is 18.7 Å². The van der Waals surface area contributed by atoms with E-state index in [1.807, 2.05) is 0 Å². The van der Waals surface area contributed by atoms with Crippen molar-refractivity contribution in [3.05, 3.63) is 0 Å². The molecule has 0 bridgehead atoms. The van der Waals surface area contributed by atoms with E-state index in [-0.39, 0.29) is 11.2 Å². The summed E-state index contributed by atoms with van der Waals surface area (Å²) in [7, 11) is 0. The minimum atomic E-state index is -0.228. The summed E-state index contributed by atoms with van der Waals surface area (Å²) < 4.78 is 6.13. The molecule has 1 aliphatic heterocycles. The third kappa shape index (κ3) is 4.69. The van der Waals surface area contributed by atoms with E-state index in [0.717, 1.165) is 32.5 Å². The van der Waals surface area contributed by atoms with Gasteiger partial charge in [0, 0.05) is 0 Å². The van der Waals surface area contributed by atoms with Crippen molar-refractivity contribution in [3.63, 3.8) is 0 Å². The second-order valence-corrected chi connectivity index (χ2v) is 5.88. The Labute approximate surface area is 107 Å². The molecule has 0 unspecified atom stereocenters. The summed E-state index contributed by atoms with van der Waals surface area (Å²) in [6.45, 7) is 14.1. The van der Waals surface area contributed by atoms with Crippen molar-refractivity contribution in [3.8, 4) is 11.8 Å². The molecule has 0 spiro atoms. The van der Waals surface area contributed by atoms with Crippen LogP contribution < -0.4 is 4.90 Å². The Bertz CT molecular complexity index is 296. The number of quaternary nitrogens is 1. The Morgan fingerprint density at radius 3 is 2.29 bits per heavy atom. The van der Waals surface area contributed by atoms with Crippen LogP contribution in [0.15, 0.2) is 0 Å². The van der Waals surface area contributed by atoms with Crippen molar-refractivity contribution >= 4 is 0 Å². The zero-order chi connectivity index (χ0) is 12.9. The molecule has 0 radical (unpaired) electrons. The van der Waals surface area contributed by atoms with Gasteiger partial charge >= 0.3 is 0 Å². The van der Waals surface area contributed by atoms with E-state index >= 15 is 0 Å². The smallest absolute Gasteiger partial charge is 0.139 e. The highest BCUT2D eigenvalue weighted by atomic mass is 16.5. The van der Waals surface area contributed by atoms with Crippen LogP contribution in [0.4, 0.5) is 0 Å². The van der Waals surface area contributed by atoms with Gasteiger partial charge in [-0.25, -0.2) is 0 Å². The second kappa shape index (κ2) is 5.89. The molecule has 1 saturated heterocycles. The summed E-state index contributed by atoms with van der Waals surface area (Å²) in [5.41, 5.74) is -0.238. The number of rotatable bonds is 3. The van der Waals surface area contributed by atoms with E-state index in [4.69, 9.17) is 4.74 Å². The van der Waals surface area contributed by atoms with Crippen LogP contribution in [0.2, 0.25) is 0 Å². The molecule has 98 valence electrons. The summed E-state index contributed by atoms with van der Waals surface area (Å²) in [4.78, 5) is 1.54. The van der Waals surface area contributed by atoms with Gasteiger partial charge in [-0.2, -0.15) is 0 Å². The molecule has 1 N–H and O–H groups in total. The van der Waals surface area contributed by atoms with Crippen LogP contribution in [0.5, 0.6) is 0 Å². The lowest BCUT2D eigenvalue weighted by Crippen LogP contribution is -3.11. The highest BCUT2D eigenvalue weighted by Gasteiger charge is 2.35. The molecule has 1 fully saturated rings. The number of ether oxygens (including phenoxy) is 1. The normalized spacial score (nSPS) is 27.6. The molecule has 1 aliphatic rings. The number of nitrogens with one attached hydrogen (secondary N) is 1. The molecule has 2 heteroatoms. The average molecular weight is 238 g/mol. The first-order chi connectivity index (χ1) is 7.91. The minimum Gasteiger partial charge on any atom is -0.357 e. The third-order valence-electron chi connectivity index (χ3n) is 3.63. The summed E-state index contributed by atoms with van der Waals surface area (Å²) >= 11 is 0. The lowest BCUT2D eigenvalue weighted by Gasteiger charge is -2.40. The molecule has 0 aromatic carbocycles. The SMILES string of the molecule is CC[NH+](CC)CC#C[C@@]1(C)CCCC(C)(C)O1. The Morgan fingerprint density at radius 1 is 1.12 bits per heavy atom. The molecule has 0 aromatic rings. The first kappa shape index (κ1) is 14.5. The van der Waals surface area contributed by atoms with Gasteiger partial charge in [0.2, 0.25) is 0 Å². The molecule has 1 atom stereocenters. The van der Waals surface area contributed by atoms with Crippen LogP contribution >= 0.6 is 0 Å². The maximum absolute atomic E-state index is 6.13. The predicted molar refractivity (Wildman–Crippen MR) is 72.1 cm³/mol. The van der Waals surface area contributed by atoms with Crippen molar-refractivity contribution in [1.82, 2.24) is 0 Å². The average Bonchev–Trinajstić information content (AvgIpc) is 2.22. The van der Waals surface area contributed by atoms with Crippen molar-refractivity contribution in [2.75, 3.05) is 19.6 Å². The van der Waals surface area contributed by atoms with Crippen LogP contribution in [-0.4, -0.2) is 30.8 Å². The second-order valence-electron chi connectivity index (χ2n) is 5.88. The van der Waals surface area contributed by atoms with E-state index in [0.29, 0.717) is 0 Å². The van der Waals surface area contributed by atoms with Crippen LogP contribution in [0.25, 0.3) is 0 Å². The van der Waals surface area contributed by atoms with Gasteiger partial charge in [-0.15, -0.1) is 0 Å². The van der Waals surface area contributed by atoms with Gasteiger partial charge in [0.1, 0.15) is 12.1 Å². The van der Waals surface area contributed by atoms with Gasteiger partial charge < -0.3 is 9.64 Å². The highest BCUT2D eigenvalue weighted by Crippen LogP contribution is 2.34. The first-order valence-electron chi connectivity index (χ1n) is 6.94. The standard InChI is InChI=1S/C15H27NO/c1-6-16(7-2)13-9-12-15(5)11-8-10-14(3,4)17-15/h6-8,10-11,13H2,1-5H3/p+1/t15-/m1/s1. The summed E-state index contributed by atoms with van der Waals surface area (Å²) in [5, 5.41) is 0. The van der Waals surface area contributed by atoms with Gasteiger partial charge in [0.15, 0.2) is 0 Å². The Kier molecular flexibility index (Phi) is 5.04. The topological polar surface area (TPSA) is 13.7 Å². The summed E-state index contributed by atoms with van der Waals surface area (Å²) in [5.74, 6) is 6.68. The third-order valence-corrected chi connectivity index (χ3v) is 3.63. The van der Waals surface area contributed by atoms with E-state index in [1.165, 1.54) is 11.3 Å². The highest BCUT2D eigenvalue weighted by molar-refractivity contribution is 5.14. The molecule has 1 rings (SSSR count). The molecule has 0 amide bonds. The largest absolute Gasteiger partial charge is 0.357 e. The molecule has 0 aromatic heterocycles. The van der Waals surface area contributed by atoms with Crippen LogP contribution in [-0.2, 0) is 4.74 Å². The van der Waals surface area contributed by atoms with Crippen molar-refractivity contribution < 1.29 is 9.64 Å². The summed E-state index contributed by atoms with van der Waals surface area (Å²) in [6, 6.07) is 0. The first-order valence-corrected chi connectivity index (χ1v) is 6.94. The molecular weight excluding hydrogens is 210 g/mol. The van der Waals surface area contributed by atoms with Gasteiger partial charge in [-0.05, 0) is 59.8 Å². The van der Waals surface area contributed by atoms with Gasteiger partial charge in [0.25, 0.3) is 0 Å².